The topological polar surface area (TPSA) is 69.6 Å². The molecule has 0 aliphatic heterocycles. The lowest BCUT2D eigenvalue weighted by atomic mass is 10.5. The Labute approximate surface area is 83.1 Å². The maximum Gasteiger partial charge on any atom is 0.165 e. The van der Waals surface area contributed by atoms with Gasteiger partial charge < -0.3 is 10.3 Å². The maximum absolute atomic E-state index is 5.63. The van der Waals surface area contributed by atoms with Crippen LogP contribution in [-0.4, -0.2) is 24.8 Å². The number of fused-ring (bicyclic) bond motifs is 1. The van der Waals surface area contributed by atoms with Crippen molar-refractivity contribution < 1.29 is 0 Å². The molecular formula is C7H8BrN5. The first kappa shape index (κ1) is 8.43. The Morgan fingerprint density at radius 2 is 2.23 bits per heavy atom. The third kappa shape index (κ3) is 1.37. The molecular weight excluding hydrogens is 234 g/mol. The Bertz CT molecular complexity index is 424. The molecule has 0 amide bonds. The van der Waals surface area contributed by atoms with E-state index in [0.29, 0.717) is 11.3 Å². The van der Waals surface area contributed by atoms with Crippen molar-refractivity contribution in [3.63, 3.8) is 0 Å². The molecule has 13 heavy (non-hydrogen) atoms. The molecule has 2 aromatic heterocycles. The van der Waals surface area contributed by atoms with Gasteiger partial charge >= 0.3 is 0 Å². The summed E-state index contributed by atoms with van der Waals surface area (Å²) in [6, 6.07) is 0. The van der Waals surface area contributed by atoms with E-state index in [-0.39, 0.29) is 0 Å². The van der Waals surface area contributed by atoms with Crippen LogP contribution in [0.25, 0.3) is 11.2 Å². The van der Waals surface area contributed by atoms with Crippen LogP contribution in [0.2, 0.25) is 0 Å². The van der Waals surface area contributed by atoms with E-state index in [4.69, 9.17) is 5.73 Å². The Morgan fingerprint density at radius 3 is 3.00 bits per heavy atom. The summed E-state index contributed by atoms with van der Waals surface area (Å²) in [6.07, 6.45) is 3.17. The van der Waals surface area contributed by atoms with Crippen LogP contribution >= 0.6 is 15.9 Å². The first-order valence-corrected chi connectivity index (χ1v) is 4.92. The summed E-state index contributed by atoms with van der Waals surface area (Å²) >= 11 is 3.35. The number of alkyl halides is 1. The van der Waals surface area contributed by atoms with Gasteiger partial charge in [0.2, 0.25) is 0 Å². The fourth-order valence-electron chi connectivity index (χ4n) is 1.15. The fraction of sp³-hybridized carbons (Fsp3) is 0.286. The zero-order chi connectivity index (χ0) is 9.26. The summed E-state index contributed by atoms with van der Waals surface area (Å²) in [5.74, 6) is 0.429. The summed E-state index contributed by atoms with van der Waals surface area (Å²) in [4.78, 5) is 12.1. The van der Waals surface area contributed by atoms with Gasteiger partial charge in [-0.2, -0.15) is 0 Å². The number of nitrogens with zero attached hydrogens (tertiary/aromatic N) is 4. The standard InChI is InChI=1S/C7H8BrN5/c8-1-2-13-4-12-5-6(9)10-3-11-7(5)13/h3-4H,1-2H2,(H2,9,10,11). The first-order chi connectivity index (χ1) is 6.33. The van der Waals surface area contributed by atoms with Gasteiger partial charge in [-0.25, -0.2) is 15.0 Å². The smallest absolute Gasteiger partial charge is 0.165 e. The normalized spacial score (nSPS) is 10.8. The predicted octanol–water partition coefficient (Wildman–Crippen LogP) is 0.803. The molecule has 0 aliphatic rings. The SMILES string of the molecule is Nc1ncnc2c1ncn2CCBr. The quantitative estimate of drug-likeness (QED) is 0.791. The van der Waals surface area contributed by atoms with Crippen LogP contribution < -0.4 is 5.73 Å². The van der Waals surface area contributed by atoms with E-state index < -0.39 is 0 Å². The molecule has 0 atom stereocenters. The molecule has 0 aromatic carbocycles. The van der Waals surface area contributed by atoms with Gasteiger partial charge in [-0.05, 0) is 0 Å². The molecule has 2 N–H and O–H groups in total. The predicted molar refractivity (Wildman–Crippen MR) is 53.5 cm³/mol. The minimum Gasteiger partial charge on any atom is -0.382 e. The molecule has 6 heteroatoms. The summed E-state index contributed by atoms with van der Waals surface area (Å²) in [7, 11) is 0. The van der Waals surface area contributed by atoms with Crippen molar-refractivity contribution in [2.75, 3.05) is 11.1 Å². The summed E-state index contributed by atoms with van der Waals surface area (Å²) in [5.41, 5.74) is 7.08. The number of nitrogen functional groups attached to an aromatic ring is 1. The highest BCUT2D eigenvalue weighted by molar-refractivity contribution is 9.09. The van der Waals surface area contributed by atoms with E-state index in [9.17, 15) is 0 Å². The van der Waals surface area contributed by atoms with Gasteiger partial charge in [0.1, 0.15) is 11.8 Å². The lowest BCUT2D eigenvalue weighted by Gasteiger charge is -1.98. The van der Waals surface area contributed by atoms with Crippen molar-refractivity contribution in [3.8, 4) is 0 Å². The Balaban J connectivity index is 2.61. The van der Waals surface area contributed by atoms with Crippen molar-refractivity contribution in [1.29, 1.82) is 0 Å². The van der Waals surface area contributed by atoms with Gasteiger partial charge in [-0.1, -0.05) is 15.9 Å². The summed E-state index contributed by atoms with van der Waals surface area (Å²) in [5, 5.41) is 0.863. The first-order valence-electron chi connectivity index (χ1n) is 3.80. The van der Waals surface area contributed by atoms with Gasteiger partial charge in [-0.15, -0.1) is 0 Å². The number of hydrogen-bond donors (Lipinski definition) is 1. The number of rotatable bonds is 2. The van der Waals surface area contributed by atoms with Crippen LogP contribution in [-0.2, 0) is 6.54 Å². The zero-order valence-electron chi connectivity index (χ0n) is 6.81. The molecule has 0 unspecified atom stereocenters. The number of halogens is 1. The van der Waals surface area contributed by atoms with Crippen LogP contribution in [0.1, 0.15) is 0 Å². The average molecular weight is 242 g/mol. The molecule has 0 radical (unpaired) electrons. The Morgan fingerprint density at radius 1 is 1.38 bits per heavy atom. The van der Waals surface area contributed by atoms with Crippen molar-refractivity contribution >= 4 is 32.9 Å². The van der Waals surface area contributed by atoms with Gasteiger partial charge in [-0.3, -0.25) is 0 Å². The van der Waals surface area contributed by atoms with E-state index in [2.05, 4.69) is 30.9 Å². The summed E-state index contributed by atoms with van der Waals surface area (Å²) in [6.45, 7) is 0.826. The van der Waals surface area contributed by atoms with Crippen LogP contribution in [0.5, 0.6) is 0 Å². The molecule has 0 spiro atoms. The number of aromatic nitrogens is 4. The molecule has 0 aliphatic carbocycles. The van der Waals surface area contributed by atoms with Crippen LogP contribution in [0.15, 0.2) is 12.7 Å². The zero-order valence-corrected chi connectivity index (χ0v) is 8.40. The van der Waals surface area contributed by atoms with Crippen LogP contribution in [0.3, 0.4) is 0 Å². The molecule has 2 heterocycles. The number of hydrogen-bond acceptors (Lipinski definition) is 4. The Kier molecular flexibility index (Phi) is 2.13. The average Bonchev–Trinajstić information content (AvgIpc) is 2.51. The second kappa shape index (κ2) is 3.29. The number of nitrogens with two attached hydrogens (primary N) is 1. The van der Waals surface area contributed by atoms with Crippen LogP contribution in [0.4, 0.5) is 5.82 Å². The summed E-state index contributed by atoms with van der Waals surface area (Å²) < 4.78 is 1.93. The highest BCUT2D eigenvalue weighted by atomic mass is 79.9. The van der Waals surface area contributed by atoms with Gasteiger partial charge in [0.25, 0.3) is 0 Å². The fourth-order valence-corrected chi connectivity index (χ4v) is 1.54. The number of aryl methyl sites for hydroxylation is 1. The lowest BCUT2D eigenvalue weighted by Crippen LogP contribution is -1.99. The third-order valence-electron chi connectivity index (χ3n) is 1.75. The molecule has 0 bridgehead atoms. The molecule has 0 saturated heterocycles. The molecule has 0 saturated carbocycles. The molecule has 0 fully saturated rings. The van der Waals surface area contributed by atoms with E-state index in [1.54, 1.807) is 6.33 Å². The van der Waals surface area contributed by atoms with E-state index in [1.807, 2.05) is 4.57 Å². The second-order valence-corrected chi connectivity index (χ2v) is 3.35. The second-order valence-electron chi connectivity index (χ2n) is 2.56. The molecule has 2 rings (SSSR count). The molecule has 2 aromatic rings. The van der Waals surface area contributed by atoms with Crippen molar-refractivity contribution in [2.45, 2.75) is 6.54 Å². The third-order valence-corrected chi connectivity index (χ3v) is 2.11. The monoisotopic (exact) mass is 241 g/mol. The van der Waals surface area contributed by atoms with Crippen molar-refractivity contribution in [3.05, 3.63) is 12.7 Å². The largest absolute Gasteiger partial charge is 0.382 e. The van der Waals surface area contributed by atoms with Crippen molar-refractivity contribution in [2.24, 2.45) is 0 Å². The maximum atomic E-state index is 5.63. The van der Waals surface area contributed by atoms with Gasteiger partial charge in [0.05, 0.1) is 6.33 Å². The van der Waals surface area contributed by atoms with Gasteiger partial charge in [0.15, 0.2) is 11.5 Å². The number of anilines is 1. The molecule has 5 nitrogen and oxygen atoms in total. The minimum atomic E-state index is 0.429. The lowest BCUT2D eigenvalue weighted by molar-refractivity contribution is 0.790. The number of imidazole rings is 1. The van der Waals surface area contributed by atoms with E-state index >= 15 is 0 Å². The molecule has 68 valence electrons. The van der Waals surface area contributed by atoms with Crippen molar-refractivity contribution in [1.82, 2.24) is 19.5 Å². The van der Waals surface area contributed by atoms with E-state index in [1.165, 1.54) is 6.33 Å². The minimum absolute atomic E-state index is 0.429. The van der Waals surface area contributed by atoms with E-state index in [0.717, 1.165) is 17.5 Å². The highest BCUT2D eigenvalue weighted by Gasteiger charge is 2.05. The van der Waals surface area contributed by atoms with Crippen LogP contribution in [0, 0.1) is 0 Å². The van der Waals surface area contributed by atoms with Gasteiger partial charge in [0, 0.05) is 11.9 Å². The Hall–Kier alpha value is -1.17. The highest BCUT2D eigenvalue weighted by Crippen LogP contribution is 2.13.